The number of rotatable bonds is 8. The number of nitrogens with one attached hydrogen (secondary N) is 3. The lowest BCUT2D eigenvalue weighted by atomic mass is 10.1. The minimum atomic E-state index is -0.548. The van der Waals surface area contributed by atoms with E-state index in [9.17, 15) is 9.59 Å². The van der Waals surface area contributed by atoms with E-state index in [4.69, 9.17) is 9.47 Å². The number of ether oxygens (including phenoxy) is 2. The Morgan fingerprint density at radius 3 is 2.30 bits per heavy atom. The Hall–Kier alpha value is -3.74. The molecule has 3 rings (SSSR count). The Kier molecular flexibility index (Phi) is 7.49. The fourth-order valence-electron chi connectivity index (χ4n) is 2.77. The van der Waals surface area contributed by atoms with Gasteiger partial charge < -0.3 is 14.8 Å². The average molecular weight is 407 g/mol. The molecule has 156 valence electrons. The van der Waals surface area contributed by atoms with Crippen molar-refractivity contribution >= 4 is 28.4 Å². The normalized spacial score (nSPS) is 10.3. The van der Waals surface area contributed by atoms with Crippen molar-refractivity contribution in [2.24, 2.45) is 0 Å². The van der Waals surface area contributed by atoms with Gasteiger partial charge in [0, 0.05) is 5.39 Å². The van der Waals surface area contributed by atoms with Gasteiger partial charge in [0.25, 0.3) is 5.91 Å². The maximum Gasteiger partial charge on any atom is 0.337 e. The molecule has 0 bridgehead atoms. The molecule has 0 atom stereocenters. The summed E-state index contributed by atoms with van der Waals surface area (Å²) in [7, 11) is 0. The first kappa shape index (κ1) is 21.0. The first-order valence-electron chi connectivity index (χ1n) is 9.85. The summed E-state index contributed by atoms with van der Waals surface area (Å²) in [5.74, 6) is 0.812. The molecular formula is C23H25N3O4. The lowest BCUT2D eigenvalue weighted by molar-refractivity contribution is -0.123. The monoisotopic (exact) mass is 407 g/mol. The maximum absolute atomic E-state index is 12.1. The van der Waals surface area contributed by atoms with E-state index in [2.05, 4.69) is 23.1 Å². The van der Waals surface area contributed by atoms with Gasteiger partial charge in [0.15, 0.2) is 6.61 Å². The fourth-order valence-corrected chi connectivity index (χ4v) is 2.77. The second kappa shape index (κ2) is 10.7. The molecule has 0 unspecified atom stereocenters. The molecule has 0 heterocycles. The lowest BCUT2D eigenvalue weighted by Crippen LogP contribution is -2.45. The van der Waals surface area contributed by atoms with E-state index in [0.29, 0.717) is 18.0 Å². The van der Waals surface area contributed by atoms with Gasteiger partial charge in [-0.25, -0.2) is 10.2 Å². The third-order valence-electron chi connectivity index (χ3n) is 4.31. The molecule has 0 saturated heterocycles. The standard InChI is InChI=1S/C23H25N3O4/c1-2-3-15-29-18-11-13-19(14-12-18)30-16-22(27)25-26-23(28)24-21-10-6-8-17-7-4-5-9-20(17)21/h4-14H,2-3,15-16H2,1H3,(H,25,27)(H2,24,26,28). The molecule has 0 aromatic heterocycles. The van der Waals surface area contributed by atoms with Gasteiger partial charge in [-0.05, 0) is 42.1 Å². The van der Waals surface area contributed by atoms with Crippen LogP contribution in [0.2, 0.25) is 0 Å². The topological polar surface area (TPSA) is 88.7 Å². The number of carbonyl (C=O) groups excluding carboxylic acids is 2. The quantitative estimate of drug-likeness (QED) is 0.385. The van der Waals surface area contributed by atoms with Crippen molar-refractivity contribution in [3.8, 4) is 11.5 Å². The number of benzene rings is 3. The van der Waals surface area contributed by atoms with Crippen molar-refractivity contribution in [1.82, 2.24) is 10.9 Å². The largest absolute Gasteiger partial charge is 0.494 e. The maximum atomic E-state index is 12.1. The van der Waals surface area contributed by atoms with Gasteiger partial charge in [0.1, 0.15) is 11.5 Å². The molecule has 0 aliphatic carbocycles. The smallest absolute Gasteiger partial charge is 0.337 e. The number of amides is 3. The molecule has 7 heteroatoms. The molecule has 3 aromatic rings. The number of anilines is 1. The van der Waals surface area contributed by atoms with Gasteiger partial charge in [-0.1, -0.05) is 49.7 Å². The second-order valence-electron chi connectivity index (χ2n) is 6.62. The van der Waals surface area contributed by atoms with Crippen molar-refractivity contribution in [3.63, 3.8) is 0 Å². The number of unbranched alkanes of at least 4 members (excludes halogenated alkanes) is 1. The number of hydrogen-bond acceptors (Lipinski definition) is 4. The van der Waals surface area contributed by atoms with Crippen LogP contribution in [-0.4, -0.2) is 25.2 Å². The van der Waals surface area contributed by atoms with Crippen LogP contribution in [0.4, 0.5) is 10.5 Å². The second-order valence-corrected chi connectivity index (χ2v) is 6.62. The summed E-state index contributed by atoms with van der Waals surface area (Å²) in [6.45, 7) is 2.55. The summed E-state index contributed by atoms with van der Waals surface area (Å²) in [5.41, 5.74) is 5.29. The van der Waals surface area contributed by atoms with Crippen LogP contribution in [0.15, 0.2) is 66.7 Å². The van der Waals surface area contributed by atoms with Gasteiger partial charge in [0.05, 0.1) is 12.3 Å². The summed E-state index contributed by atoms with van der Waals surface area (Å²) in [5, 5.41) is 4.64. The molecule has 0 radical (unpaired) electrons. The summed E-state index contributed by atoms with van der Waals surface area (Å²) >= 11 is 0. The van der Waals surface area contributed by atoms with Crippen molar-refractivity contribution in [1.29, 1.82) is 0 Å². The molecule has 3 N–H and O–H groups in total. The van der Waals surface area contributed by atoms with Crippen molar-refractivity contribution in [2.45, 2.75) is 19.8 Å². The van der Waals surface area contributed by atoms with Crippen LogP contribution >= 0.6 is 0 Å². The molecule has 30 heavy (non-hydrogen) atoms. The molecule has 0 aliphatic rings. The van der Waals surface area contributed by atoms with E-state index in [1.54, 1.807) is 30.3 Å². The van der Waals surface area contributed by atoms with Crippen molar-refractivity contribution in [3.05, 3.63) is 66.7 Å². The number of fused-ring (bicyclic) bond motifs is 1. The summed E-state index contributed by atoms with van der Waals surface area (Å²) in [6.07, 6.45) is 2.07. The zero-order valence-corrected chi connectivity index (χ0v) is 16.8. The van der Waals surface area contributed by atoms with E-state index in [0.717, 1.165) is 29.4 Å². The molecule has 0 saturated carbocycles. The summed E-state index contributed by atoms with van der Waals surface area (Å²) in [4.78, 5) is 24.0. The minimum absolute atomic E-state index is 0.232. The lowest BCUT2D eigenvalue weighted by Gasteiger charge is -2.12. The molecule has 7 nitrogen and oxygen atoms in total. The zero-order valence-electron chi connectivity index (χ0n) is 16.8. The first-order valence-corrected chi connectivity index (χ1v) is 9.85. The first-order chi connectivity index (χ1) is 14.7. The summed E-state index contributed by atoms with van der Waals surface area (Å²) < 4.78 is 11.0. The SMILES string of the molecule is CCCCOc1ccc(OCC(=O)NNC(=O)Nc2cccc3ccccc23)cc1. The van der Waals surface area contributed by atoms with E-state index in [1.807, 2.05) is 36.4 Å². The van der Waals surface area contributed by atoms with Crippen molar-refractivity contribution in [2.75, 3.05) is 18.5 Å². The highest BCUT2D eigenvalue weighted by molar-refractivity contribution is 6.01. The number of urea groups is 1. The van der Waals surface area contributed by atoms with Crippen LogP contribution in [0.25, 0.3) is 10.8 Å². The molecule has 0 fully saturated rings. The molecule has 3 aromatic carbocycles. The van der Waals surface area contributed by atoms with E-state index in [-0.39, 0.29) is 6.61 Å². The highest BCUT2D eigenvalue weighted by Gasteiger charge is 2.08. The third kappa shape index (κ3) is 6.13. The zero-order chi connectivity index (χ0) is 21.2. The molecular weight excluding hydrogens is 382 g/mol. The predicted molar refractivity (Wildman–Crippen MR) is 117 cm³/mol. The average Bonchev–Trinajstić information content (AvgIpc) is 2.77. The number of hydrogen-bond donors (Lipinski definition) is 3. The van der Waals surface area contributed by atoms with Crippen LogP contribution in [0.5, 0.6) is 11.5 Å². The Morgan fingerprint density at radius 2 is 1.53 bits per heavy atom. The van der Waals surface area contributed by atoms with Gasteiger partial charge in [-0.15, -0.1) is 0 Å². The molecule has 0 spiro atoms. The van der Waals surface area contributed by atoms with Crippen LogP contribution in [0, 0.1) is 0 Å². The molecule has 0 aliphatic heterocycles. The van der Waals surface area contributed by atoms with Crippen molar-refractivity contribution < 1.29 is 19.1 Å². The fraction of sp³-hybridized carbons (Fsp3) is 0.217. The van der Waals surface area contributed by atoms with Gasteiger partial charge in [-0.2, -0.15) is 0 Å². The Morgan fingerprint density at radius 1 is 0.833 bits per heavy atom. The van der Waals surface area contributed by atoms with Crippen LogP contribution in [0.1, 0.15) is 19.8 Å². The van der Waals surface area contributed by atoms with Gasteiger partial charge >= 0.3 is 6.03 Å². The van der Waals surface area contributed by atoms with Crippen LogP contribution in [0.3, 0.4) is 0 Å². The van der Waals surface area contributed by atoms with E-state index >= 15 is 0 Å². The Labute approximate surface area is 175 Å². The molecule has 3 amide bonds. The number of hydrazine groups is 1. The highest BCUT2D eigenvalue weighted by Crippen LogP contribution is 2.22. The predicted octanol–water partition coefficient (Wildman–Crippen LogP) is 4.25. The Bertz CT molecular complexity index is 984. The third-order valence-corrected chi connectivity index (χ3v) is 4.31. The summed E-state index contributed by atoms with van der Waals surface area (Å²) in [6, 6.07) is 19.8. The van der Waals surface area contributed by atoms with E-state index in [1.165, 1.54) is 0 Å². The number of carbonyl (C=O) groups is 2. The minimum Gasteiger partial charge on any atom is -0.494 e. The van der Waals surface area contributed by atoms with Crippen LogP contribution in [-0.2, 0) is 4.79 Å². The van der Waals surface area contributed by atoms with Crippen LogP contribution < -0.4 is 25.6 Å². The van der Waals surface area contributed by atoms with E-state index < -0.39 is 11.9 Å². The Balaban J connectivity index is 1.41. The van der Waals surface area contributed by atoms with Gasteiger partial charge in [0.2, 0.25) is 0 Å². The highest BCUT2D eigenvalue weighted by atomic mass is 16.5. The van der Waals surface area contributed by atoms with Gasteiger partial charge in [-0.3, -0.25) is 10.2 Å².